The minimum absolute atomic E-state index is 0.0567. The van der Waals surface area contributed by atoms with Crippen molar-refractivity contribution in [3.63, 3.8) is 0 Å². The van der Waals surface area contributed by atoms with E-state index >= 15 is 0 Å². The van der Waals surface area contributed by atoms with Crippen LogP contribution in [-0.4, -0.2) is 55.9 Å². The largest absolute Gasteiger partial charge is 0.383 e. The molecule has 0 radical (unpaired) electrons. The number of hydrogen-bond donors (Lipinski definition) is 1. The maximum atomic E-state index is 13.4. The molecule has 0 aliphatic carbocycles. The standard InChI is InChI=1S/C22H30N4O4S/c1-15-8-6-10-19(16(15)2)23-22(27)18-9-7-12-26(14-18)31(28,29)21-17(3)24-30-20(21)11-13-25(4)5/h6,8,10-11,13,18H,7,9,12,14H2,1-5H3,(H,23,27)/b13-11+. The smallest absolute Gasteiger partial charge is 0.248 e. The number of nitrogens with zero attached hydrogens (tertiary/aromatic N) is 3. The Morgan fingerprint density at radius 2 is 2.03 bits per heavy atom. The zero-order valence-corrected chi connectivity index (χ0v) is 19.5. The lowest BCUT2D eigenvalue weighted by molar-refractivity contribution is -0.120. The quantitative estimate of drug-likeness (QED) is 0.732. The first kappa shape index (κ1) is 23.0. The van der Waals surface area contributed by atoms with Crippen LogP contribution in [0.15, 0.2) is 33.8 Å². The third kappa shape index (κ3) is 4.99. The predicted octanol–water partition coefficient (Wildman–Crippen LogP) is 3.17. The minimum Gasteiger partial charge on any atom is -0.383 e. The van der Waals surface area contributed by atoms with E-state index in [1.807, 2.05) is 46.1 Å². The lowest BCUT2D eigenvalue weighted by Crippen LogP contribution is -2.44. The summed E-state index contributed by atoms with van der Waals surface area (Å²) in [4.78, 5) is 14.8. The van der Waals surface area contributed by atoms with E-state index in [1.54, 1.807) is 24.1 Å². The second-order valence-electron chi connectivity index (χ2n) is 8.18. The first-order valence-corrected chi connectivity index (χ1v) is 11.7. The molecule has 1 aromatic heterocycles. The number of amides is 1. The number of aromatic nitrogens is 1. The van der Waals surface area contributed by atoms with Crippen molar-refractivity contribution >= 4 is 27.7 Å². The summed E-state index contributed by atoms with van der Waals surface area (Å²) in [7, 11) is -0.193. The molecule has 0 spiro atoms. The molecule has 1 saturated heterocycles. The van der Waals surface area contributed by atoms with Crippen LogP contribution in [0.1, 0.15) is 35.4 Å². The monoisotopic (exact) mass is 446 g/mol. The van der Waals surface area contributed by atoms with Gasteiger partial charge in [0.2, 0.25) is 15.9 Å². The van der Waals surface area contributed by atoms with Gasteiger partial charge in [-0.2, -0.15) is 4.31 Å². The number of benzene rings is 1. The summed E-state index contributed by atoms with van der Waals surface area (Å²) in [6.45, 7) is 6.04. The molecule has 1 amide bonds. The fraction of sp³-hybridized carbons (Fsp3) is 0.455. The van der Waals surface area contributed by atoms with Gasteiger partial charge >= 0.3 is 0 Å². The molecule has 2 aromatic rings. The fourth-order valence-electron chi connectivity index (χ4n) is 3.64. The van der Waals surface area contributed by atoms with Gasteiger partial charge in [-0.05, 0) is 50.8 Å². The molecule has 0 bridgehead atoms. The summed E-state index contributed by atoms with van der Waals surface area (Å²) in [5.74, 6) is -0.402. The minimum atomic E-state index is -3.85. The molecule has 9 heteroatoms. The molecular formula is C22H30N4O4S. The Hall–Kier alpha value is -2.65. The zero-order chi connectivity index (χ0) is 22.8. The van der Waals surface area contributed by atoms with Gasteiger partial charge in [0.15, 0.2) is 10.7 Å². The molecule has 1 unspecified atom stereocenters. The van der Waals surface area contributed by atoms with Gasteiger partial charge < -0.3 is 14.7 Å². The Morgan fingerprint density at radius 1 is 1.29 bits per heavy atom. The number of aryl methyl sites for hydroxylation is 2. The van der Waals surface area contributed by atoms with Crippen LogP contribution in [0.5, 0.6) is 0 Å². The summed E-state index contributed by atoms with van der Waals surface area (Å²) in [6.07, 6.45) is 4.53. The van der Waals surface area contributed by atoms with E-state index in [0.29, 0.717) is 25.1 Å². The molecule has 168 valence electrons. The van der Waals surface area contributed by atoms with Crippen LogP contribution in [0.25, 0.3) is 6.08 Å². The molecule has 3 rings (SSSR count). The van der Waals surface area contributed by atoms with Gasteiger partial charge in [-0.15, -0.1) is 0 Å². The SMILES string of the molecule is Cc1cccc(NC(=O)C2CCCN(S(=O)(=O)c3c(C)noc3/C=C/N(C)C)C2)c1C. The van der Waals surface area contributed by atoms with Crippen LogP contribution >= 0.6 is 0 Å². The second-order valence-corrected chi connectivity index (χ2v) is 10.1. The summed E-state index contributed by atoms with van der Waals surface area (Å²) < 4.78 is 33.4. The van der Waals surface area contributed by atoms with Crippen LogP contribution in [0.4, 0.5) is 5.69 Å². The van der Waals surface area contributed by atoms with E-state index < -0.39 is 15.9 Å². The number of hydrogen-bond acceptors (Lipinski definition) is 6. The Kier molecular flexibility index (Phi) is 6.86. The molecule has 2 heterocycles. The second kappa shape index (κ2) is 9.23. The van der Waals surface area contributed by atoms with E-state index in [2.05, 4.69) is 10.5 Å². The van der Waals surface area contributed by atoms with Crippen LogP contribution < -0.4 is 5.32 Å². The predicted molar refractivity (Wildman–Crippen MR) is 120 cm³/mol. The van der Waals surface area contributed by atoms with Crippen molar-refractivity contribution in [3.05, 3.63) is 47.0 Å². The van der Waals surface area contributed by atoms with Gasteiger partial charge in [0, 0.05) is 45.1 Å². The first-order chi connectivity index (χ1) is 14.6. The zero-order valence-electron chi connectivity index (χ0n) is 18.7. The molecular weight excluding hydrogens is 416 g/mol. The third-order valence-electron chi connectivity index (χ3n) is 5.57. The molecule has 0 saturated carbocycles. The van der Waals surface area contributed by atoms with Gasteiger partial charge in [0.05, 0.1) is 5.92 Å². The number of carbonyl (C=O) groups is 1. The molecule has 1 atom stereocenters. The van der Waals surface area contributed by atoms with Crippen LogP contribution in [0.3, 0.4) is 0 Å². The van der Waals surface area contributed by atoms with Crippen molar-refractivity contribution in [2.45, 2.75) is 38.5 Å². The molecule has 31 heavy (non-hydrogen) atoms. The molecule has 1 aromatic carbocycles. The number of piperidine rings is 1. The highest BCUT2D eigenvalue weighted by atomic mass is 32.2. The van der Waals surface area contributed by atoms with Crippen molar-refractivity contribution in [1.82, 2.24) is 14.4 Å². The number of nitrogens with one attached hydrogen (secondary N) is 1. The Morgan fingerprint density at radius 3 is 2.74 bits per heavy atom. The average molecular weight is 447 g/mol. The van der Waals surface area contributed by atoms with Gasteiger partial charge in [-0.1, -0.05) is 17.3 Å². The van der Waals surface area contributed by atoms with E-state index in [-0.39, 0.29) is 23.1 Å². The molecule has 8 nitrogen and oxygen atoms in total. The fourth-order valence-corrected chi connectivity index (χ4v) is 5.41. The topological polar surface area (TPSA) is 95.8 Å². The lowest BCUT2D eigenvalue weighted by Gasteiger charge is -2.31. The summed E-state index contributed by atoms with van der Waals surface area (Å²) in [5, 5.41) is 6.83. The van der Waals surface area contributed by atoms with Crippen molar-refractivity contribution in [1.29, 1.82) is 0 Å². The Balaban J connectivity index is 1.81. The number of anilines is 1. The first-order valence-electron chi connectivity index (χ1n) is 10.3. The highest BCUT2D eigenvalue weighted by Gasteiger charge is 2.37. The van der Waals surface area contributed by atoms with Crippen LogP contribution in [0.2, 0.25) is 0 Å². The molecule has 1 aliphatic rings. The summed E-state index contributed by atoms with van der Waals surface area (Å²) in [5.41, 5.74) is 3.16. The Bertz CT molecular complexity index is 1090. The van der Waals surface area contributed by atoms with Crippen LogP contribution in [0, 0.1) is 26.7 Å². The van der Waals surface area contributed by atoms with E-state index in [0.717, 1.165) is 16.8 Å². The highest BCUT2D eigenvalue weighted by Crippen LogP contribution is 2.29. The summed E-state index contributed by atoms with van der Waals surface area (Å²) >= 11 is 0. The van der Waals surface area contributed by atoms with Crippen LogP contribution in [-0.2, 0) is 14.8 Å². The molecule has 1 N–H and O–H groups in total. The summed E-state index contributed by atoms with van der Waals surface area (Å²) in [6, 6.07) is 5.75. The normalized spacial score (nSPS) is 17.8. The maximum Gasteiger partial charge on any atom is 0.248 e. The Labute approximate surface area is 183 Å². The maximum absolute atomic E-state index is 13.4. The number of rotatable bonds is 6. The number of sulfonamides is 1. The lowest BCUT2D eigenvalue weighted by atomic mass is 9.98. The van der Waals surface area contributed by atoms with Gasteiger partial charge in [-0.25, -0.2) is 8.42 Å². The van der Waals surface area contributed by atoms with E-state index in [1.165, 1.54) is 4.31 Å². The van der Waals surface area contributed by atoms with Crippen molar-refractivity contribution < 1.29 is 17.7 Å². The van der Waals surface area contributed by atoms with E-state index in [4.69, 9.17) is 4.52 Å². The van der Waals surface area contributed by atoms with Gasteiger partial charge in [0.1, 0.15) is 5.69 Å². The van der Waals surface area contributed by atoms with Crippen molar-refractivity contribution in [3.8, 4) is 0 Å². The van der Waals surface area contributed by atoms with Gasteiger partial charge in [0.25, 0.3) is 0 Å². The van der Waals surface area contributed by atoms with Crippen molar-refractivity contribution in [2.75, 3.05) is 32.5 Å². The highest BCUT2D eigenvalue weighted by molar-refractivity contribution is 7.89. The average Bonchev–Trinajstić information content (AvgIpc) is 3.11. The number of carbonyl (C=O) groups excluding carboxylic acids is 1. The molecule has 1 fully saturated rings. The third-order valence-corrected chi connectivity index (χ3v) is 7.60. The molecule has 1 aliphatic heterocycles. The van der Waals surface area contributed by atoms with Crippen molar-refractivity contribution in [2.24, 2.45) is 5.92 Å². The van der Waals surface area contributed by atoms with E-state index in [9.17, 15) is 13.2 Å². The van der Waals surface area contributed by atoms with Gasteiger partial charge in [-0.3, -0.25) is 4.79 Å².